The Bertz CT molecular complexity index is 789. The van der Waals surface area contributed by atoms with E-state index >= 15 is 0 Å². The number of halogens is 4. The second-order valence-corrected chi connectivity index (χ2v) is 5.88. The van der Waals surface area contributed by atoms with Gasteiger partial charge < -0.3 is 10.6 Å². The van der Waals surface area contributed by atoms with Crippen molar-refractivity contribution in [2.24, 2.45) is 0 Å². The molecule has 0 atom stereocenters. The van der Waals surface area contributed by atoms with E-state index in [4.69, 9.17) is 0 Å². The molecule has 4 nitrogen and oxygen atoms in total. The fraction of sp³-hybridized carbons (Fsp3) is 0.263. The average molecular weight is 382 g/mol. The molecular formula is C19H18F4N2O2. The number of hydrogen-bond donors (Lipinski definition) is 2. The van der Waals surface area contributed by atoms with Crippen molar-refractivity contribution in [2.75, 3.05) is 13.1 Å². The Labute approximate surface area is 153 Å². The number of hydrogen-bond acceptors (Lipinski definition) is 2. The lowest BCUT2D eigenvalue weighted by atomic mass is 10.1. The minimum absolute atomic E-state index is 0.0450. The zero-order valence-corrected chi connectivity index (χ0v) is 14.3. The van der Waals surface area contributed by atoms with Gasteiger partial charge in [-0.15, -0.1) is 0 Å². The number of amides is 2. The SMILES string of the molecule is O=C(CNC(=O)Cc1cccc(F)c1)NCCc1ccc(C(F)(F)F)cc1. The van der Waals surface area contributed by atoms with Crippen LogP contribution in [0.2, 0.25) is 0 Å². The van der Waals surface area contributed by atoms with Gasteiger partial charge in [-0.2, -0.15) is 13.2 Å². The molecule has 0 spiro atoms. The summed E-state index contributed by atoms with van der Waals surface area (Å²) >= 11 is 0. The molecule has 2 amide bonds. The van der Waals surface area contributed by atoms with Crippen LogP contribution in [0.5, 0.6) is 0 Å². The van der Waals surface area contributed by atoms with E-state index in [1.165, 1.54) is 30.3 Å². The molecule has 0 saturated carbocycles. The van der Waals surface area contributed by atoms with Gasteiger partial charge in [0.05, 0.1) is 18.5 Å². The first-order valence-corrected chi connectivity index (χ1v) is 8.18. The third kappa shape index (κ3) is 7.08. The highest BCUT2D eigenvalue weighted by atomic mass is 19.4. The molecule has 0 saturated heterocycles. The number of carbonyl (C=O) groups excluding carboxylic acids is 2. The molecule has 2 aromatic carbocycles. The van der Waals surface area contributed by atoms with E-state index in [0.717, 1.165) is 12.1 Å². The van der Waals surface area contributed by atoms with Crippen LogP contribution in [0.4, 0.5) is 17.6 Å². The predicted molar refractivity (Wildman–Crippen MR) is 91.3 cm³/mol. The van der Waals surface area contributed by atoms with E-state index in [2.05, 4.69) is 10.6 Å². The first kappa shape index (κ1) is 20.4. The topological polar surface area (TPSA) is 58.2 Å². The van der Waals surface area contributed by atoms with Crippen LogP contribution >= 0.6 is 0 Å². The van der Waals surface area contributed by atoms with Crippen LogP contribution in [0.15, 0.2) is 48.5 Å². The van der Waals surface area contributed by atoms with E-state index in [0.29, 0.717) is 17.5 Å². The van der Waals surface area contributed by atoms with Crippen molar-refractivity contribution in [2.45, 2.75) is 19.0 Å². The van der Waals surface area contributed by atoms with Crippen LogP contribution in [0.3, 0.4) is 0 Å². The van der Waals surface area contributed by atoms with Crippen LogP contribution in [0.25, 0.3) is 0 Å². The molecule has 0 unspecified atom stereocenters. The summed E-state index contributed by atoms with van der Waals surface area (Å²) in [6.07, 6.45) is -4.06. The molecule has 0 aliphatic rings. The molecule has 0 aliphatic carbocycles. The Hall–Kier alpha value is -2.90. The minimum Gasteiger partial charge on any atom is -0.354 e. The minimum atomic E-state index is -4.38. The highest BCUT2D eigenvalue weighted by molar-refractivity contribution is 5.85. The molecule has 0 heterocycles. The zero-order chi connectivity index (χ0) is 19.9. The Morgan fingerprint density at radius 3 is 2.22 bits per heavy atom. The predicted octanol–water partition coefficient (Wildman–Crippen LogP) is 2.86. The van der Waals surface area contributed by atoms with Gasteiger partial charge in [-0.05, 0) is 41.8 Å². The molecule has 8 heteroatoms. The second kappa shape index (κ2) is 9.16. The first-order valence-electron chi connectivity index (χ1n) is 8.18. The average Bonchev–Trinajstić information content (AvgIpc) is 2.60. The number of alkyl halides is 3. The largest absolute Gasteiger partial charge is 0.416 e. The van der Waals surface area contributed by atoms with Crippen LogP contribution < -0.4 is 10.6 Å². The van der Waals surface area contributed by atoms with E-state index in [1.54, 1.807) is 6.07 Å². The Morgan fingerprint density at radius 1 is 0.889 bits per heavy atom. The molecule has 0 bridgehead atoms. The van der Waals surface area contributed by atoms with Crippen molar-refractivity contribution in [1.82, 2.24) is 10.6 Å². The van der Waals surface area contributed by atoms with E-state index < -0.39 is 29.4 Å². The van der Waals surface area contributed by atoms with Crippen LogP contribution in [0, 0.1) is 5.82 Å². The highest BCUT2D eigenvalue weighted by Crippen LogP contribution is 2.29. The van der Waals surface area contributed by atoms with Gasteiger partial charge >= 0.3 is 6.18 Å². The lowest BCUT2D eigenvalue weighted by Crippen LogP contribution is -2.38. The number of carbonyl (C=O) groups is 2. The zero-order valence-electron chi connectivity index (χ0n) is 14.3. The summed E-state index contributed by atoms with van der Waals surface area (Å²) in [4.78, 5) is 23.4. The maximum atomic E-state index is 13.0. The Kier molecular flexibility index (Phi) is 6.92. The van der Waals surface area contributed by atoms with Gasteiger partial charge in [0.15, 0.2) is 0 Å². The highest BCUT2D eigenvalue weighted by Gasteiger charge is 2.29. The Morgan fingerprint density at radius 2 is 1.59 bits per heavy atom. The number of benzene rings is 2. The summed E-state index contributed by atoms with van der Waals surface area (Å²) in [5, 5.41) is 4.99. The van der Waals surface area contributed by atoms with Crippen molar-refractivity contribution in [3.8, 4) is 0 Å². The lowest BCUT2D eigenvalue weighted by Gasteiger charge is -2.09. The Balaban J connectivity index is 1.68. The number of rotatable bonds is 7. The molecule has 0 aromatic heterocycles. The fourth-order valence-corrected chi connectivity index (χ4v) is 2.34. The van der Waals surface area contributed by atoms with Crippen molar-refractivity contribution in [3.63, 3.8) is 0 Å². The third-order valence-corrected chi connectivity index (χ3v) is 3.72. The normalized spacial score (nSPS) is 11.1. The van der Waals surface area contributed by atoms with Crippen molar-refractivity contribution in [1.29, 1.82) is 0 Å². The molecule has 0 radical (unpaired) electrons. The van der Waals surface area contributed by atoms with Crippen molar-refractivity contribution < 1.29 is 27.2 Å². The molecule has 2 aromatic rings. The van der Waals surface area contributed by atoms with E-state index in [-0.39, 0.29) is 19.5 Å². The molecule has 2 N–H and O–H groups in total. The van der Waals surface area contributed by atoms with E-state index in [1.807, 2.05) is 0 Å². The standard InChI is InChI=1S/C19H18F4N2O2/c20-16-3-1-2-14(10-16)11-17(26)25-12-18(27)24-9-8-13-4-6-15(7-5-13)19(21,22)23/h1-7,10H,8-9,11-12H2,(H,24,27)(H,25,26). The van der Waals surface area contributed by atoms with Gasteiger partial charge in [0.2, 0.25) is 11.8 Å². The van der Waals surface area contributed by atoms with Gasteiger partial charge in [0.25, 0.3) is 0 Å². The summed E-state index contributed by atoms with van der Waals surface area (Å²) in [6, 6.07) is 10.3. The van der Waals surface area contributed by atoms with Crippen molar-refractivity contribution >= 4 is 11.8 Å². The lowest BCUT2D eigenvalue weighted by molar-refractivity contribution is -0.137. The molecule has 0 fully saturated rings. The first-order chi connectivity index (χ1) is 12.7. The molecular weight excluding hydrogens is 364 g/mol. The van der Waals surface area contributed by atoms with E-state index in [9.17, 15) is 27.2 Å². The third-order valence-electron chi connectivity index (χ3n) is 3.72. The van der Waals surface area contributed by atoms with Crippen LogP contribution in [0.1, 0.15) is 16.7 Å². The number of nitrogens with one attached hydrogen (secondary N) is 2. The molecule has 144 valence electrons. The summed E-state index contributed by atoms with van der Waals surface area (Å²) in [6.45, 7) is -0.00880. The maximum absolute atomic E-state index is 13.0. The summed E-state index contributed by atoms with van der Waals surface area (Å²) in [5.74, 6) is -1.28. The maximum Gasteiger partial charge on any atom is 0.416 e. The molecule has 2 rings (SSSR count). The van der Waals surface area contributed by atoms with Crippen molar-refractivity contribution in [3.05, 3.63) is 71.0 Å². The molecule has 27 heavy (non-hydrogen) atoms. The van der Waals surface area contributed by atoms with Crippen LogP contribution in [-0.4, -0.2) is 24.9 Å². The van der Waals surface area contributed by atoms with Gasteiger partial charge in [0, 0.05) is 6.54 Å². The smallest absolute Gasteiger partial charge is 0.354 e. The summed E-state index contributed by atoms with van der Waals surface area (Å²) in [5.41, 5.74) is 0.421. The fourth-order valence-electron chi connectivity index (χ4n) is 2.34. The summed E-state index contributed by atoms with van der Waals surface area (Å²) < 4.78 is 50.5. The van der Waals surface area contributed by atoms with Crippen LogP contribution in [-0.2, 0) is 28.6 Å². The summed E-state index contributed by atoms with van der Waals surface area (Å²) in [7, 11) is 0. The molecule has 0 aliphatic heterocycles. The van der Waals surface area contributed by atoms with Gasteiger partial charge in [-0.1, -0.05) is 24.3 Å². The van der Waals surface area contributed by atoms with Gasteiger partial charge in [0.1, 0.15) is 5.82 Å². The van der Waals surface area contributed by atoms with Gasteiger partial charge in [-0.25, -0.2) is 4.39 Å². The quantitative estimate of drug-likeness (QED) is 0.724. The second-order valence-electron chi connectivity index (χ2n) is 5.88. The monoisotopic (exact) mass is 382 g/mol. The van der Waals surface area contributed by atoms with Gasteiger partial charge in [-0.3, -0.25) is 9.59 Å².